The Labute approximate surface area is 182 Å². The molecule has 0 radical (unpaired) electrons. The van der Waals surface area contributed by atoms with Crippen molar-refractivity contribution in [2.24, 2.45) is 0 Å². The van der Waals surface area contributed by atoms with Gasteiger partial charge in [-0.05, 0) is 62.2 Å². The molecule has 1 aliphatic rings. The van der Waals surface area contributed by atoms with Gasteiger partial charge >= 0.3 is 0 Å². The quantitative estimate of drug-likeness (QED) is 0.665. The van der Waals surface area contributed by atoms with Crippen molar-refractivity contribution >= 4 is 27.3 Å². The number of carbonyl (C=O) groups is 1. The molecule has 0 saturated carbocycles. The lowest BCUT2D eigenvalue weighted by molar-refractivity contribution is -0.122. The van der Waals surface area contributed by atoms with E-state index in [1.165, 1.54) is 4.31 Å². The van der Waals surface area contributed by atoms with Crippen LogP contribution in [0.4, 0.5) is 11.4 Å². The summed E-state index contributed by atoms with van der Waals surface area (Å²) in [6.07, 6.45) is -0.991. The van der Waals surface area contributed by atoms with Gasteiger partial charge in [0.1, 0.15) is 5.75 Å². The second kappa shape index (κ2) is 8.07. The van der Waals surface area contributed by atoms with Crippen LogP contribution in [0.5, 0.6) is 5.75 Å². The first kappa shape index (κ1) is 20.9. The Balaban J connectivity index is 1.68. The zero-order valence-corrected chi connectivity index (χ0v) is 18.4. The largest absolute Gasteiger partial charge is 0.476 e. The Kier molecular flexibility index (Phi) is 5.45. The van der Waals surface area contributed by atoms with Gasteiger partial charge in [-0.2, -0.15) is 0 Å². The molecule has 1 amide bonds. The number of carbonyl (C=O) groups excluding carboxylic acids is 1. The van der Waals surface area contributed by atoms with E-state index >= 15 is 0 Å². The summed E-state index contributed by atoms with van der Waals surface area (Å²) >= 11 is 0. The van der Waals surface area contributed by atoms with Crippen LogP contribution in [-0.4, -0.2) is 27.0 Å². The molecule has 160 valence electrons. The van der Waals surface area contributed by atoms with Gasteiger partial charge in [0.2, 0.25) is 0 Å². The number of nitrogens with one attached hydrogen (secondary N) is 1. The van der Waals surface area contributed by atoms with Gasteiger partial charge in [0.25, 0.3) is 15.9 Å². The Hall–Kier alpha value is -3.32. The van der Waals surface area contributed by atoms with Gasteiger partial charge in [-0.3, -0.25) is 9.10 Å². The highest BCUT2D eigenvalue weighted by Gasteiger charge is 2.37. The standard InChI is InChI=1S/C24H24N2O4S/c1-16-9-12-19(13-10-16)31(28,29)26-15-23(30-22-7-5-4-6-21(22)26)24(27)25-20-14-17(2)8-11-18(20)3/h4-14,23H,15H2,1-3H3,(H,25,27)/t23-/m1/s1. The van der Waals surface area contributed by atoms with Gasteiger partial charge in [0, 0.05) is 5.69 Å². The van der Waals surface area contributed by atoms with Crippen molar-refractivity contribution in [1.29, 1.82) is 0 Å². The van der Waals surface area contributed by atoms with Crippen LogP contribution in [0.15, 0.2) is 71.6 Å². The van der Waals surface area contributed by atoms with Crippen LogP contribution in [0.3, 0.4) is 0 Å². The van der Waals surface area contributed by atoms with E-state index in [0.717, 1.165) is 16.7 Å². The van der Waals surface area contributed by atoms with Gasteiger partial charge in [-0.25, -0.2) is 8.42 Å². The van der Waals surface area contributed by atoms with Crippen molar-refractivity contribution in [2.45, 2.75) is 31.8 Å². The van der Waals surface area contributed by atoms with E-state index in [-0.39, 0.29) is 11.4 Å². The number of para-hydroxylation sites is 2. The average molecular weight is 437 g/mol. The molecule has 1 heterocycles. The first-order valence-electron chi connectivity index (χ1n) is 9.99. The van der Waals surface area contributed by atoms with E-state index in [2.05, 4.69) is 5.32 Å². The summed E-state index contributed by atoms with van der Waals surface area (Å²) in [6.45, 7) is 5.62. The molecule has 3 aromatic rings. The number of nitrogens with zero attached hydrogens (tertiary/aromatic N) is 1. The van der Waals surface area contributed by atoms with Crippen molar-refractivity contribution in [3.63, 3.8) is 0 Å². The lowest BCUT2D eigenvalue weighted by atomic mass is 10.1. The van der Waals surface area contributed by atoms with Gasteiger partial charge in [-0.15, -0.1) is 0 Å². The van der Waals surface area contributed by atoms with Crippen LogP contribution in [-0.2, 0) is 14.8 Å². The second-order valence-corrected chi connectivity index (χ2v) is 9.59. The third-order valence-corrected chi connectivity index (χ3v) is 7.08. The van der Waals surface area contributed by atoms with E-state index in [1.807, 2.05) is 39.0 Å². The summed E-state index contributed by atoms with van der Waals surface area (Å²) in [4.78, 5) is 13.2. The number of benzene rings is 3. The number of sulfonamides is 1. The summed E-state index contributed by atoms with van der Waals surface area (Å²) < 4.78 is 34.0. The minimum Gasteiger partial charge on any atom is -0.476 e. The topological polar surface area (TPSA) is 75.7 Å². The number of hydrogen-bond donors (Lipinski definition) is 1. The zero-order chi connectivity index (χ0) is 22.2. The third kappa shape index (κ3) is 4.14. The predicted molar refractivity (Wildman–Crippen MR) is 121 cm³/mol. The summed E-state index contributed by atoms with van der Waals surface area (Å²) in [5.74, 6) is -0.0436. The van der Waals surface area contributed by atoms with Crippen LogP contribution in [0.1, 0.15) is 16.7 Å². The van der Waals surface area contributed by atoms with E-state index in [1.54, 1.807) is 48.5 Å². The third-order valence-electron chi connectivity index (χ3n) is 5.29. The Morgan fingerprint density at radius 1 is 0.968 bits per heavy atom. The van der Waals surface area contributed by atoms with Gasteiger partial charge in [-0.1, -0.05) is 42.0 Å². The minimum atomic E-state index is -3.87. The Morgan fingerprint density at radius 3 is 2.39 bits per heavy atom. The molecule has 3 aromatic carbocycles. The molecule has 1 aliphatic heterocycles. The summed E-state index contributed by atoms with van der Waals surface area (Å²) in [6, 6.07) is 19.3. The highest BCUT2D eigenvalue weighted by atomic mass is 32.2. The molecule has 1 atom stereocenters. The number of aryl methyl sites for hydroxylation is 3. The highest BCUT2D eigenvalue weighted by Crippen LogP contribution is 2.37. The SMILES string of the molecule is Cc1ccc(S(=O)(=O)N2C[C@H](C(=O)Nc3cc(C)ccc3C)Oc3ccccc32)cc1. The number of hydrogen-bond acceptors (Lipinski definition) is 4. The number of ether oxygens (including phenoxy) is 1. The van der Waals surface area contributed by atoms with Crippen molar-refractivity contribution in [2.75, 3.05) is 16.2 Å². The maximum absolute atomic E-state index is 13.4. The second-order valence-electron chi connectivity index (χ2n) is 7.73. The average Bonchev–Trinajstić information content (AvgIpc) is 2.75. The van der Waals surface area contributed by atoms with Gasteiger partial charge < -0.3 is 10.1 Å². The maximum Gasteiger partial charge on any atom is 0.267 e. The van der Waals surface area contributed by atoms with Crippen LogP contribution < -0.4 is 14.4 Å². The fraction of sp³-hybridized carbons (Fsp3) is 0.208. The zero-order valence-electron chi connectivity index (χ0n) is 17.6. The van der Waals surface area contributed by atoms with Gasteiger partial charge in [0.15, 0.2) is 6.10 Å². The molecule has 0 spiro atoms. The first-order valence-corrected chi connectivity index (χ1v) is 11.4. The molecular formula is C24H24N2O4S. The van der Waals surface area contributed by atoms with Crippen molar-refractivity contribution in [3.8, 4) is 5.75 Å². The molecule has 7 heteroatoms. The number of rotatable bonds is 4. The Bertz CT molecular complexity index is 1240. The molecule has 31 heavy (non-hydrogen) atoms. The molecule has 0 aromatic heterocycles. The summed E-state index contributed by atoms with van der Waals surface area (Å²) in [5, 5.41) is 2.89. The summed E-state index contributed by atoms with van der Waals surface area (Å²) in [7, 11) is -3.87. The van der Waals surface area contributed by atoms with Crippen LogP contribution in [0, 0.1) is 20.8 Å². The maximum atomic E-state index is 13.4. The number of fused-ring (bicyclic) bond motifs is 1. The molecule has 0 unspecified atom stereocenters. The van der Waals surface area contributed by atoms with E-state index in [0.29, 0.717) is 17.1 Å². The van der Waals surface area contributed by atoms with Crippen molar-refractivity contribution < 1.29 is 17.9 Å². The molecule has 0 aliphatic carbocycles. The molecule has 6 nitrogen and oxygen atoms in total. The molecule has 4 rings (SSSR count). The summed E-state index contributed by atoms with van der Waals surface area (Å²) in [5.41, 5.74) is 3.99. The smallest absolute Gasteiger partial charge is 0.267 e. The van der Waals surface area contributed by atoms with Crippen molar-refractivity contribution in [1.82, 2.24) is 0 Å². The fourth-order valence-corrected chi connectivity index (χ4v) is 4.96. The predicted octanol–water partition coefficient (Wildman–Crippen LogP) is 4.21. The van der Waals surface area contributed by atoms with Crippen LogP contribution in [0.2, 0.25) is 0 Å². The van der Waals surface area contributed by atoms with Gasteiger partial charge in [0.05, 0.1) is 17.1 Å². The van der Waals surface area contributed by atoms with E-state index in [4.69, 9.17) is 4.74 Å². The normalized spacial score (nSPS) is 15.7. The number of anilines is 2. The van der Waals surface area contributed by atoms with Crippen LogP contribution >= 0.6 is 0 Å². The first-order chi connectivity index (χ1) is 14.8. The number of amides is 1. The fourth-order valence-electron chi connectivity index (χ4n) is 3.49. The van der Waals surface area contributed by atoms with Crippen molar-refractivity contribution in [3.05, 3.63) is 83.4 Å². The molecule has 0 saturated heterocycles. The van der Waals surface area contributed by atoms with E-state index in [9.17, 15) is 13.2 Å². The molecular weight excluding hydrogens is 412 g/mol. The highest BCUT2D eigenvalue weighted by molar-refractivity contribution is 7.92. The lowest BCUT2D eigenvalue weighted by Crippen LogP contribution is -2.48. The van der Waals surface area contributed by atoms with Crippen LogP contribution in [0.25, 0.3) is 0 Å². The minimum absolute atomic E-state index is 0.121. The molecule has 0 fully saturated rings. The molecule has 0 bridgehead atoms. The lowest BCUT2D eigenvalue weighted by Gasteiger charge is -2.34. The molecule has 1 N–H and O–H groups in total. The Morgan fingerprint density at radius 2 is 1.65 bits per heavy atom. The van der Waals surface area contributed by atoms with E-state index < -0.39 is 22.0 Å². The monoisotopic (exact) mass is 436 g/mol.